The van der Waals surface area contributed by atoms with Gasteiger partial charge in [-0.3, -0.25) is 4.68 Å². The van der Waals surface area contributed by atoms with E-state index in [0.29, 0.717) is 6.54 Å². The van der Waals surface area contributed by atoms with Crippen molar-refractivity contribution >= 4 is 10.0 Å². The van der Waals surface area contributed by atoms with Gasteiger partial charge in [0.25, 0.3) is 0 Å². The molecule has 0 aliphatic carbocycles. The molecule has 114 valence electrons. The fraction of sp³-hybridized carbons (Fsp3) is 0.308. The summed E-state index contributed by atoms with van der Waals surface area (Å²) in [5.41, 5.74) is 5.42. The molecule has 2 rings (SSSR count). The number of nitrogens with two attached hydrogens (primary N) is 1. The zero-order valence-corrected chi connectivity index (χ0v) is 12.3. The number of rotatable bonds is 6. The number of sulfonamides is 1. The molecule has 0 aliphatic rings. The van der Waals surface area contributed by atoms with Crippen LogP contribution in [0.15, 0.2) is 41.6 Å². The molecule has 6 nitrogen and oxygen atoms in total. The van der Waals surface area contributed by atoms with Gasteiger partial charge in [-0.2, -0.15) is 5.10 Å². The van der Waals surface area contributed by atoms with Crippen LogP contribution in [0.3, 0.4) is 0 Å². The van der Waals surface area contributed by atoms with Gasteiger partial charge in [0.05, 0.1) is 11.4 Å². The van der Waals surface area contributed by atoms with Crippen LogP contribution >= 0.6 is 0 Å². The first-order valence-corrected chi connectivity index (χ1v) is 7.89. The molecule has 0 saturated carbocycles. The summed E-state index contributed by atoms with van der Waals surface area (Å²) in [5, 5.41) is 4.01. The summed E-state index contributed by atoms with van der Waals surface area (Å²) >= 11 is 0. The van der Waals surface area contributed by atoms with E-state index in [9.17, 15) is 12.8 Å². The monoisotopic (exact) mass is 312 g/mol. The highest BCUT2D eigenvalue weighted by atomic mass is 32.2. The molecule has 0 spiro atoms. The van der Waals surface area contributed by atoms with E-state index in [1.165, 1.54) is 18.2 Å². The molecule has 0 fully saturated rings. The lowest BCUT2D eigenvalue weighted by atomic mass is 10.2. The number of hydrogen-bond donors (Lipinski definition) is 2. The van der Waals surface area contributed by atoms with E-state index in [0.717, 1.165) is 0 Å². The fourth-order valence-corrected chi connectivity index (χ4v) is 3.54. The van der Waals surface area contributed by atoms with Gasteiger partial charge in [0.1, 0.15) is 5.82 Å². The van der Waals surface area contributed by atoms with Gasteiger partial charge in [0.2, 0.25) is 10.0 Å². The number of aromatic nitrogens is 2. The summed E-state index contributed by atoms with van der Waals surface area (Å²) in [6.45, 7) is 1.90. The quantitative estimate of drug-likeness (QED) is 0.827. The van der Waals surface area contributed by atoms with Crippen LogP contribution in [0.1, 0.15) is 12.5 Å². The number of halogens is 1. The van der Waals surface area contributed by atoms with Crippen LogP contribution in [0.2, 0.25) is 0 Å². The van der Waals surface area contributed by atoms with Gasteiger partial charge in [-0.25, -0.2) is 17.5 Å². The summed E-state index contributed by atoms with van der Waals surface area (Å²) in [4.78, 5) is -0.127. The zero-order chi connectivity index (χ0) is 15.5. The van der Waals surface area contributed by atoms with Crippen molar-refractivity contribution < 1.29 is 12.8 Å². The Morgan fingerprint density at radius 3 is 2.81 bits per heavy atom. The Hall–Kier alpha value is -1.77. The average Bonchev–Trinajstić information content (AvgIpc) is 2.90. The van der Waals surface area contributed by atoms with Crippen LogP contribution in [-0.4, -0.2) is 24.2 Å². The first-order valence-electron chi connectivity index (χ1n) is 6.41. The van der Waals surface area contributed by atoms with Crippen LogP contribution in [0, 0.1) is 5.82 Å². The number of hydrogen-bond acceptors (Lipinski definition) is 4. The summed E-state index contributed by atoms with van der Waals surface area (Å²) < 4.78 is 42.4. The molecule has 1 atom stereocenters. The third-order valence-electron chi connectivity index (χ3n) is 2.95. The highest BCUT2D eigenvalue weighted by Gasteiger charge is 2.22. The van der Waals surface area contributed by atoms with Crippen molar-refractivity contribution in [1.82, 2.24) is 14.5 Å². The van der Waals surface area contributed by atoms with Crippen molar-refractivity contribution in [1.29, 1.82) is 0 Å². The van der Waals surface area contributed by atoms with Crippen LogP contribution in [0.5, 0.6) is 0 Å². The lowest BCUT2D eigenvalue weighted by molar-refractivity contribution is 0.492. The van der Waals surface area contributed by atoms with Crippen LogP contribution < -0.4 is 10.5 Å². The van der Waals surface area contributed by atoms with Crippen molar-refractivity contribution in [2.24, 2.45) is 5.73 Å². The average molecular weight is 312 g/mol. The van der Waals surface area contributed by atoms with E-state index in [4.69, 9.17) is 5.73 Å². The third kappa shape index (κ3) is 3.66. The Morgan fingerprint density at radius 2 is 2.19 bits per heavy atom. The maximum atomic E-state index is 13.6. The standard InChI is InChI=1S/C13H17FN4O2S/c1-10(9-18-7-3-6-16-18)17-21(19,20)13-5-2-4-12(14)11(13)8-15/h2-7,10,17H,8-9,15H2,1H3. The maximum Gasteiger partial charge on any atom is 0.241 e. The second-order valence-electron chi connectivity index (χ2n) is 4.67. The van der Waals surface area contributed by atoms with Gasteiger partial charge < -0.3 is 5.73 Å². The SMILES string of the molecule is CC(Cn1cccn1)NS(=O)(=O)c1cccc(F)c1CN. The molecule has 0 bridgehead atoms. The lowest BCUT2D eigenvalue weighted by Gasteiger charge is -2.16. The molecule has 0 aliphatic heterocycles. The molecule has 8 heteroatoms. The van der Waals surface area contributed by atoms with Crippen molar-refractivity contribution in [2.75, 3.05) is 0 Å². The lowest BCUT2D eigenvalue weighted by Crippen LogP contribution is -2.36. The largest absolute Gasteiger partial charge is 0.326 e. The van der Waals surface area contributed by atoms with Gasteiger partial charge in [-0.1, -0.05) is 6.07 Å². The molecule has 3 N–H and O–H groups in total. The van der Waals surface area contributed by atoms with Crippen molar-refractivity contribution in [3.8, 4) is 0 Å². The molecule has 1 aromatic heterocycles. The predicted molar refractivity (Wildman–Crippen MR) is 76.3 cm³/mol. The van der Waals surface area contributed by atoms with Gasteiger partial charge in [-0.15, -0.1) is 0 Å². The zero-order valence-electron chi connectivity index (χ0n) is 11.5. The fourth-order valence-electron chi connectivity index (χ4n) is 2.04. The van der Waals surface area contributed by atoms with E-state index in [-0.39, 0.29) is 17.0 Å². The normalized spacial score (nSPS) is 13.3. The molecule has 1 aromatic carbocycles. The number of benzene rings is 1. The molecule has 1 heterocycles. The number of nitrogens with zero attached hydrogens (tertiary/aromatic N) is 2. The van der Waals surface area contributed by atoms with E-state index in [1.807, 2.05) is 0 Å². The molecular weight excluding hydrogens is 295 g/mol. The Bertz CT molecular complexity index is 701. The Kier molecular flexibility index (Phi) is 4.71. The third-order valence-corrected chi connectivity index (χ3v) is 4.62. The van der Waals surface area contributed by atoms with Gasteiger partial charge in [0.15, 0.2) is 0 Å². The minimum atomic E-state index is -3.84. The van der Waals surface area contributed by atoms with Crippen LogP contribution in [0.4, 0.5) is 4.39 Å². The minimum absolute atomic E-state index is 0.0173. The second-order valence-corrected chi connectivity index (χ2v) is 6.35. The topological polar surface area (TPSA) is 90.0 Å². The highest BCUT2D eigenvalue weighted by Crippen LogP contribution is 2.18. The molecule has 2 aromatic rings. The van der Waals surface area contributed by atoms with E-state index in [1.54, 1.807) is 30.1 Å². The molecule has 0 amide bonds. The van der Waals surface area contributed by atoms with E-state index >= 15 is 0 Å². The Balaban J connectivity index is 2.20. The maximum absolute atomic E-state index is 13.6. The van der Waals surface area contributed by atoms with E-state index < -0.39 is 21.9 Å². The van der Waals surface area contributed by atoms with Crippen LogP contribution in [-0.2, 0) is 23.1 Å². The predicted octanol–water partition coefficient (Wildman–Crippen LogP) is 0.848. The molecular formula is C13H17FN4O2S. The molecule has 0 radical (unpaired) electrons. The molecule has 0 saturated heterocycles. The minimum Gasteiger partial charge on any atom is -0.326 e. The van der Waals surface area contributed by atoms with Crippen LogP contribution in [0.25, 0.3) is 0 Å². The smallest absolute Gasteiger partial charge is 0.241 e. The molecule has 1 unspecified atom stereocenters. The number of nitrogens with one attached hydrogen (secondary N) is 1. The van der Waals surface area contributed by atoms with Gasteiger partial charge >= 0.3 is 0 Å². The van der Waals surface area contributed by atoms with Crippen molar-refractivity contribution in [3.63, 3.8) is 0 Å². The first-order chi connectivity index (χ1) is 9.94. The summed E-state index contributed by atoms with van der Waals surface area (Å²) in [6, 6.07) is 5.23. The summed E-state index contributed by atoms with van der Waals surface area (Å²) in [7, 11) is -3.84. The van der Waals surface area contributed by atoms with Crippen molar-refractivity contribution in [3.05, 3.63) is 48.0 Å². The Labute approximate surface area is 122 Å². The second kappa shape index (κ2) is 6.33. The van der Waals surface area contributed by atoms with Gasteiger partial charge in [-0.05, 0) is 25.1 Å². The Morgan fingerprint density at radius 1 is 1.43 bits per heavy atom. The van der Waals surface area contributed by atoms with Crippen molar-refractivity contribution in [2.45, 2.75) is 31.0 Å². The summed E-state index contributed by atoms with van der Waals surface area (Å²) in [5.74, 6) is -0.625. The van der Waals surface area contributed by atoms with E-state index in [2.05, 4.69) is 9.82 Å². The molecule has 21 heavy (non-hydrogen) atoms. The highest BCUT2D eigenvalue weighted by molar-refractivity contribution is 7.89. The first kappa shape index (κ1) is 15.6. The van der Waals surface area contributed by atoms with Gasteiger partial charge in [0, 0.05) is 30.5 Å². The summed E-state index contributed by atoms with van der Waals surface area (Å²) in [6.07, 6.45) is 3.35.